The molecule has 168 valence electrons. The zero-order chi connectivity index (χ0) is 23.0. The number of carbonyl (C=O) groups is 1. The molecule has 0 aliphatic carbocycles. The van der Waals surface area contributed by atoms with Crippen LogP contribution in [-0.2, 0) is 4.79 Å². The number of thioether (sulfide) groups is 1. The van der Waals surface area contributed by atoms with Gasteiger partial charge in [-0.2, -0.15) is 0 Å². The number of hydrogen-bond donors (Lipinski definition) is 1. The number of pyridine rings is 1. The predicted octanol–water partition coefficient (Wildman–Crippen LogP) is 4.47. The van der Waals surface area contributed by atoms with Gasteiger partial charge in [0.05, 0.1) is 19.5 Å². The molecule has 4 aromatic rings. The van der Waals surface area contributed by atoms with Gasteiger partial charge in [0.25, 0.3) is 0 Å². The normalized spacial score (nSPS) is 10.6. The van der Waals surface area contributed by atoms with Crippen LogP contribution in [0.2, 0.25) is 0 Å². The second-order valence-corrected chi connectivity index (χ2v) is 7.82. The number of anilines is 1. The summed E-state index contributed by atoms with van der Waals surface area (Å²) in [6.07, 6.45) is 3.42. The highest BCUT2D eigenvalue weighted by molar-refractivity contribution is 7.99. The molecular formula is C24H23N5O3S. The van der Waals surface area contributed by atoms with Gasteiger partial charge in [-0.3, -0.25) is 14.3 Å². The van der Waals surface area contributed by atoms with Crippen LogP contribution in [-0.4, -0.2) is 45.1 Å². The summed E-state index contributed by atoms with van der Waals surface area (Å²) in [5, 5.41) is 12.2. The minimum atomic E-state index is -0.153. The highest BCUT2D eigenvalue weighted by Gasteiger charge is 2.17. The lowest BCUT2D eigenvalue weighted by Crippen LogP contribution is -2.14. The lowest BCUT2D eigenvalue weighted by molar-refractivity contribution is -0.113. The number of methoxy groups -OCH3 is 1. The Kier molecular flexibility index (Phi) is 7.21. The maximum absolute atomic E-state index is 12.6. The fraction of sp³-hybridized carbons (Fsp3) is 0.167. The number of ether oxygens (including phenoxy) is 2. The van der Waals surface area contributed by atoms with Gasteiger partial charge in [-0.15, -0.1) is 10.2 Å². The fourth-order valence-electron chi connectivity index (χ4n) is 3.17. The van der Waals surface area contributed by atoms with Gasteiger partial charge in [0, 0.05) is 35.4 Å². The molecule has 0 radical (unpaired) electrons. The van der Waals surface area contributed by atoms with Crippen LogP contribution >= 0.6 is 11.8 Å². The Balaban J connectivity index is 1.57. The van der Waals surface area contributed by atoms with Gasteiger partial charge in [0.15, 0.2) is 11.0 Å². The third-order valence-electron chi connectivity index (χ3n) is 4.66. The average molecular weight is 462 g/mol. The molecule has 0 saturated carbocycles. The molecule has 0 aliphatic rings. The van der Waals surface area contributed by atoms with Crippen LogP contribution in [0, 0.1) is 0 Å². The van der Waals surface area contributed by atoms with Crippen molar-refractivity contribution in [2.75, 3.05) is 24.8 Å². The van der Waals surface area contributed by atoms with Crippen LogP contribution in [0.4, 0.5) is 5.69 Å². The van der Waals surface area contributed by atoms with Crippen LogP contribution < -0.4 is 14.8 Å². The zero-order valence-corrected chi connectivity index (χ0v) is 19.1. The number of benzene rings is 2. The quantitative estimate of drug-likeness (QED) is 0.368. The van der Waals surface area contributed by atoms with Crippen molar-refractivity contribution in [2.24, 2.45) is 0 Å². The molecule has 0 unspecified atom stereocenters. The summed E-state index contributed by atoms with van der Waals surface area (Å²) in [6.45, 7) is 2.54. The molecule has 8 nitrogen and oxygen atoms in total. The van der Waals surface area contributed by atoms with Crippen LogP contribution in [0.5, 0.6) is 11.5 Å². The predicted molar refractivity (Wildman–Crippen MR) is 128 cm³/mol. The van der Waals surface area contributed by atoms with Crippen LogP contribution in [0.3, 0.4) is 0 Å². The first kappa shape index (κ1) is 22.3. The summed E-state index contributed by atoms with van der Waals surface area (Å²) in [4.78, 5) is 16.7. The van der Waals surface area contributed by atoms with Crippen molar-refractivity contribution in [3.63, 3.8) is 0 Å². The average Bonchev–Trinajstić information content (AvgIpc) is 3.28. The molecule has 33 heavy (non-hydrogen) atoms. The maximum Gasteiger partial charge on any atom is 0.234 e. The smallest absolute Gasteiger partial charge is 0.234 e. The lowest BCUT2D eigenvalue weighted by Gasteiger charge is -2.11. The maximum atomic E-state index is 12.6. The molecule has 2 aromatic heterocycles. The van der Waals surface area contributed by atoms with Gasteiger partial charge in [-0.05, 0) is 55.5 Å². The van der Waals surface area contributed by atoms with E-state index in [4.69, 9.17) is 9.47 Å². The van der Waals surface area contributed by atoms with E-state index in [1.165, 1.54) is 11.8 Å². The highest BCUT2D eigenvalue weighted by Crippen LogP contribution is 2.29. The highest BCUT2D eigenvalue weighted by atomic mass is 32.2. The standard InChI is InChI=1S/C24H23N5O3S/c1-3-32-20-9-7-19(8-10-20)29-23(17-11-13-25-14-12-17)27-28-24(29)33-16-22(30)26-18-5-4-6-21(15-18)31-2/h4-15H,3,16H2,1-2H3,(H,26,30). The third-order valence-corrected chi connectivity index (χ3v) is 5.59. The molecule has 0 saturated heterocycles. The van der Waals surface area contributed by atoms with Crippen molar-refractivity contribution in [3.05, 3.63) is 73.1 Å². The molecule has 9 heteroatoms. The Hall–Kier alpha value is -3.85. The molecule has 0 aliphatic heterocycles. The second kappa shape index (κ2) is 10.6. The SMILES string of the molecule is CCOc1ccc(-n2c(SCC(=O)Nc3cccc(OC)c3)nnc2-c2ccncc2)cc1. The third kappa shape index (κ3) is 5.50. The summed E-state index contributed by atoms with van der Waals surface area (Å²) >= 11 is 1.31. The van der Waals surface area contributed by atoms with E-state index in [2.05, 4.69) is 20.5 Å². The Labute approximate surface area is 196 Å². The monoisotopic (exact) mass is 461 g/mol. The molecule has 1 amide bonds. The molecule has 2 aromatic carbocycles. The van der Waals surface area contributed by atoms with Gasteiger partial charge in [0.1, 0.15) is 11.5 Å². The molecule has 0 spiro atoms. The first-order chi connectivity index (χ1) is 16.2. The number of amides is 1. The minimum Gasteiger partial charge on any atom is -0.497 e. The van der Waals surface area contributed by atoms with E-state index in [-0.39, 0.29) is 11.7 Å². The number of nitrogens with one attached hydrogen (secondary N) is 1. The molecule has 0 bridgehead atoms. The fourth-order valence-corrected chi connectivity index (χ4v) is 3.92. The number of nitrogens with zero attached hydrogens (tertiary/aromatic N) is 4. The number of carbonyl (C=O) groups excluding carboxylic acids is 1. The molecule has 0 atom stereocenters. The van der Waals surface area contributed by atoms with Crippen molar-refractivity contribution in [2.45, 2.75) is 12.1 Å². The largest absolute Gasteiger partial charge is 0.497 e. The zero-order valence-electron chi connectivity index (χ0n) is 18.3. The Morgan fingerprint density at radius 1 is 1.03 bits per heavy atom. The summed E-state index contributed by atoms with van der Waals surface area (Å²) in [7, 11) is 1.59. The molecular weight excluding hydrogens is 438 g/mol. The Morgan fingerprint density at radius 2 is 1.82 bits per heavy atom. The summed E-state index contributed by atoms with van der Waals surface area (Å²) in [5.41, 5.74) is 2.41. The topological polar surface area (TPSA) is 91.2 Å². The number of aromatic nitrogens is 4. The summed E-state index contributed by atoms with van der Waals surface area (Å²) < 4.78 is 12.7. The molecule has 2 heterocycles. The lowest BCUT2D eigenvalue weighted by atomic mass is 10.2. The first-order valence-corrected chi connectivity index (χ1v) is 11.3. The number of hydrogen-bond acceptors (Lipinski definition) is 7. The Morgan fingerprint density at radius 3 is 2.55 bits per heavy atom. The minimum absolute atomic E-state index is 0.153. The van der Waals surface area contributed by atoms with E-state index in [1.807, 2.05) is 66.1 Å². The van der Waals surface area contributed by atoms with Crippen molar-refractivity contribution in [1.29, 1.82) is 0 Å². The molecule has 1 N–H and O–H groups in total. The van der Waals surface area contributed by atoms with E-state index in [9.17, 15) is 4.79 Å². The van der Waals surface area contributed by atoms with Crippen molar-refractivity contribution < 1.29 is 14.3 Å². The van der Waals surface area contributed by atoms with Gasteiger partial charge < -0.3 is 14.8 Å². The van der Waals surface area contributed by atoms with Crippen molar-refractivity contribution in [3.8, 4) is 28.6 Å². The molecule has 0 fully saturated rings. The molecule has 4 rings (SSSR count). The van der Waals surface area contributed by atoms with E-state index < -0.39 is 0 Å². The van der Waals surface area contributed by atoms with Gasteiger partial charge in [0.2, 0.25) is 5.91 Å². The van der Waals surface area contributed by atoms with E-state index in [0.717, 1.165) is 17.0 Å². The van der Waals surface area contributed by atoms with Crippen molar-refractivity contribution >= 4 is 23.4 Å². The van der Waals surface area contributed by atoms with E-state index >= 15 is 0 Å². The Bertz CT molecular complexity index is 1210. The van der Waals surface area contributed by atoms with Gasteiger partial charge in [-0.25, -0.2) is 0 Å². The van der Waals surface area contributed by atoms with Gasteiger partial charge >= 0.3 is 0 Å². The number of rotatable bonds is 9. The van der Waals surface area contributed by atoms with Crippen LogP contribution in [0.1, 0.15) is 6.92 Å². The van der Waals surface area contributed by atoms with Crippen molar-refractivity contribution in [1.82, 2.24) is 19.7 Å². The first-order valence-electron chi connectivity index (χ1n) is 10.3. The van der Waals surface area contributed by atoms with E-state index in [1.54, 1.807) is 25.6 Å². The van der Waals surface area contributed by atoms with Crippen LogP contribution in [0.15, 0.2) is 78.2 Å². The summed E-state index contributed by atoms with van der Waals surface area (Å²) in [5.74, 6) is 2.14. The van der Waals surface area contributed by atoms with E-state index in [0.29, 0.717) is 29.0 Å². The summed E-state index contributed by atoms with van der Waals surface area (Å²) in [6, 6.07) is 18.7. The second-order valence-electron chi connectivity index (χ2n) is 6.87. The van der Waals surface area contributed by atoms with Crippen LogP contribution in [0.25, 0.3) is 17.1 Å². The van der Waals surface area contributed by atoms with Gasteiger partial charge in [-0.1, -0.05) is 17.8 Å².